The molecule has 0 spiro atoms. The first kappa shape index (κ1) is 16.5. The number of halogens is 1. The number of rotatable bonds is 4. The van der Waals surface area contributed by atoms with Gasteiger partial charge in [-0.2, -0.15) is 5.10 Å². The molecule has 0 unspecified atom stereocenters. The lowest BCUT2D eigenvalue weighted by Crippen LogP contribution is -2.21. The second-order valence-electron chi connectivity index (χ2n) is 4.80. The van der Waals surface area contributed by atoms with Gasteiger partial charge < -0.3 is 10.1 Å². The topological polar surface area (TPSA) is 73.2 Å². The number of nitrogens with zero attached hydrogens (tertiary/aromatic N) is 2. The maximum atomic E-state index is 11.9. The van der Waals surface area contributed by atoms with Crippen LogP contribution in [-0.4, -0.2) is 28.3 Å². The van der Waals surface area contributed by atoms with E-state index in [2.05, 4.69) is 33.0 Å². The first-order chi connectivity index (χ1) is 10.4. The first-order valence-electron chi connectivity index (χ1n) is 6.61. The van der Waals surface area contributed by atoms with E-state index < -0.39 is 11.9 Å². The summed E-state index contributed by atoms with van der Waals surface area (Å²) in [5.41, 5.74) is 2.64. The Morgan fingerprint density at radius 2 is 2.09 bits per heavy atom. The molecule has 1 aromatic heterocycles. The molecule has 0 bridgehead atoms. The zero-order valence-electron chi connectivity index (χ0n) is 12.5. The van der Waals surface area contributed by atoms with Crippen molar-refractivity contribution in [1.29, 1.82) is 0 Å². The highest BCUT2D eigenvalue weighted by molar-refractivity contribution is 14.1. The molecule has 0 aliphatic heterocycles. The number of anilines is 1. The van der Waals surface area contributed by atoms with Crippen LogP contribution in [0.25, 0.3) is 0 Å². The summed E-state index contributed by atoms with van der Waals surface area (Å²) >= 11 is 2.11. The van der Waals surface area contributed by atoms with Crippen LogP contribution in [0.5, 0.6) is 0 Å². The second-order valence-corrected chi connectivity index (χ2v) is 6.05. The Bertz CT molecular complexity index is 725. The summed E-state index contributed by atoms with van der Waals surface area (Å²) in [5.74, 6) is -0.911. The van der Waals surface area contributed by atoms with Crippen LogP contribution in [0.1, 0.15) is 21.7 Å². The van der Waals surface area contributed by atoms with E-state index in [0.717, 1.165) is 15.0 Å². The number of aromatic nitrogens is 2. The summed E-state index contributed by atoms with van der Waals surface area (Å²) in [7, 11) is 1.80. The van der Waals surface area contributed by atoms with Crippen LogP contribution in [0.3, 0.4) is 0 Å². The Hall–Kier alpha value is -1.90. The Labute approximate surface area is 142 Å². The van der Waals surface area contributed by atoms with Crippen molar-refractivity contribution in [1.82, 2.24) is 9.78 Å². The number of hydrogen-bond donors (Lipinski definition) is 1. The van der Waals surface area contributed by atoms with Crippen LogP contribution in [0, 0.1) is 17.4 Å². The summed E-state index contributed by atoms with van der Waals surface area (Å²) in [6.45, 7) is 3.33. The minimum atomic E-state index is -0.520. The third-order valence-electron chi connectivity index (χ3n) is 3.17. The van der Waals surface area contributed by atoms with Crippen LogP contribution in [-0.2, 0) is 16.6 Å². The molecule has 116 valence electrons. The quantitative estimate of drug-likeness (QED) is 0.618. The standard InChI is InChI=1S/C15H16IN3O3/c1-9-14(10(2)19(3)18-9)17-13(20)8-22-15(21)11-5-4-6-12(16)7-11/h4-7H,8H2,1-3H3,(H,17,20). The van der Waals surface area contributed by atoms with Crippen LogP contribution < -0.4 is 5.32 Å². The molecular formula is C15H16IN3O3. The van der Waals surface area contributed by atoms with Crippen molar-refractivity contribution in [3.8, 4) is 0 Å². The van der Waals surface area contributed by atoms with Gasteiger partial charge in [-0.05, 0) is 54.6 Å². The van der Waals surface area contributed by atoms with Crippen LogP contribution in [0.15, 0.2) is 24.3 Å². The Kier molecular flexibility index (Phi) is 5.17. The summed E-state index contributed by atoms with van der Waals surface area (Å²) in [4.78, 5) is 23.8. The molecule has 2 aromatic rings. The molecule has 2 rings (SSSR count). The molecule has 1 aromatic carbocycles. The Balaban J connectivity index is 1.94. The molecule has 0 saturated carbocycles. The number of benzene rings is 1. The predicted octanol–water partition coefficient (Wildman–Crippen LogP) is 2.44. The van der Waals surface area contributed by atoms with Crippen molar-refractivity contribution in [2.45, 2.75) is 13.8 Å². The van der Waals surface area contributed by atoms with Gasteiger partial charge in [-0.3, -0.25) is 9.48 Å². The fourth-order valence-electron chi connectivity index (χ4n) is 1.96. The molecule has 1 amide bonds. The van der Waals surface area contributed by atoms with Crippen LogP contribution in [0.2, 0.25) is 0 Å². The normalized spacial score (nSPS) is 10.4. The van der Waals surface area contributed by atoms with Gasteiger partial charge in [0.2, 0.25) is 0 Å². The summed E-state index contributed by atoms with van der Waals surface area (Å²) in [5, 5.41) is 6.93. The van der Waals surface area contributed by atoms with Gasteiger partial charge in [0, 0.05) is 10.6 Å². The van der Waals surface area contributed by atoms with Crippen molar-refractivity contribution in [2.75, 3.05) is 11.9 Å². The van der Waals surface area contributed by atoms with Gasteiger partial charge >= 0.3 is 5.97 Å². The second kappa shape index (κ2) is 6.91. The highest BCUT2D eigenvalue weighted by Crippen LogP contribution is 2.18. The third-order valence-corrected chi connectivity index (χ3v) is 3.84. The van der Waals surface area contributed by atoms with Gasteiger partial charge in [0.25, 0.3) is 5.91 Å². The maximum absolute atomic E-state index is 11.9. The number of carbonyl (C=O) groups is 2. The van der Waals surface area contributed by atoms with Crippen molar-refractivity contribution in [2.24, 2.45) is 7.05 Å². The van der Waals surface area contributed by atoms with Gasteiger partial charge in [-0.15, -0.1) is 0 Å². The average Bonchev–Trinajstić information content (AvgIpc) is 2.71. The number of ether oxygens (including phenoxy) is 1. The van der Waals surface area contributed by atoms with Crippen LogP contribution in [0.4, 0.5) is 5.69 Å². The van der Waals surface area contributed by atoms with Gasteiger partial charge in [0.15, 0.2) is 6.61 Å². The highest BCUT2D eigenvalue weighted by Gasteiger charge is 2.14. The molecule has 1 N–H and O–H groups in total. The molecule has 0 saturated heterocycles. The minimum absolute atomic E-state index is 0.335. The monoisotopic (exact) mass is 413 g/mol. The number of esters is 1. The fraction of sp³-hybridized carbons (Fsp3) is 0.267. The lowest BCUT2D eigenvalue weighted by Gasteiger charge is -2.07. The molecule has 0 atom stereocenters. The molecule has 0 aliphatic carbocycles. The fourth-order valence-corrected chi connectivity index (χ4v) is 2.50. The third kappa shape index (κ3) is 3.85. The number of carbonyl (C=O) groups excluding carboxylic acids is 2. The van der Waals surface area contributed by atoms with Crippen molar-refractivity contribution in [3.63, 3.8) is 0 Å². The smallest absolute Gasteiger partial charge is 0.338 e. The van der Waals surface area contributed by atoms with E-state index in [1.54, 1.807) is 36.9 Å². The molecular weight excluding hydrogens is 397 g/mol. The summed E-state index contributed by atoms with van der Waals surface area (Å²) in [6.07, 6.45) is 0. The molecule has 0 aliphatic rings. The van der Waals surface area contributed by atoms with Gasteiger partial charge in [0.05, 0.1) is 22.6 Å². The van der Waals surface area contributed by atoms with E-state index in [-0.39, 0.29) is 6.61 Å². The lowest BCUT2D eigenvalue weighted by molar-refractivity contribution is -0.119. The molecule has 0 radical (unpaired) electrons. The lowest BCUT2D eigenvalue weighted by atomic mass is 10.2. The molecule has 0 fully saturated rings. The highest BCUT2D eigenvalue weighted by atomic mass is 127. The number of hydrogen-bond acceptors (Lipinski definition) is 4. The minimum Gasteiger partial charge on any atom is -0.452 e. The molecule has 6 nitrogen and oxygen atoms in total. The van der Waals surface area contributed by atoms with Gasteiger partial charge in [-0.25, -0.2) is 4.79 Å². The van der Waals surface area contributed by atoms with E-state index in [9.17, 15) is 9.59 Å². The number of amides is 1. The Morgan fingerprint density at radius 1 is 1.36 bits per heavy atom. The van der Waals surface area contributed by atoms with E-state index in [1.165, 1.54) is 0 Å². The first-order valence-corrected chi connectivity index (χ1v) is 7.69. The molecule has 22 heavy (non-hydrogen) atoms. The number of aryl methyl sites for hydroxylation is 2. The van der Waals surface area contributed by atoms with E-state index >= 15 is 0 Å². The van der Waals surface area contributed by atoms with Crippen molar-refractivity contribution in [3.05, 3.63) is 44.8 Å². The van der Waals surface area contributed by atoms with Crippen molar-refractivity contribution < 1.29 is 14.3 Å². The maximum Gasteiger partial charge on any atom is 0.338 e. The largest absolute Gasteiger partial charge is 0.452 e. The SMILES string of the molecule is Cc1nn(C)c(C)c1NC(=O)COC(=O)c1cccc(I)c1. The predicted molar refractivity (Wildman–Crippen MR) is 90.8 cm³/mol. The summed E-state index contributed by atoms with van der Waals surface area (Å²) in [6, 6.07) is 6.99. The van der Waals surface area contributed by atoms with Crippen LogP contribution >= 0.6 is 22.6 Å². The number of nitrogens with one attached hydrogen (secondary N) is 1. The zero-order valence-corrected chi connectivity index (χ0v) is 14.7. The Morgan fingerprint density at radius 3 is 2.68 bits per heavy atom. The van der Waals surface area contributed by atoms with E-state index in [4.69, 9.17) is 4.74 Å². The van der Waals surface area contributed by atoms with E-state index in [1.807, 2.05) is 13.0 Å². The van der Waals surface area contributed by atoms with E-state index in [0.29, 0.717) is 11.3 Å². The molecule has 1 heterocycles. The average molecular weight is 413 g/mol. The zero-order chi connectivity index (χ0) is 16.3. The molecule has 7 heteroatoms. The summed E-state index contributed by atoms with van der Waals surface area (Å²) < 4.78 is 7.63. The van der Waals surface area contributed by atoms with Gasteiger partial charge in [0.1, 0.15) is 0 Å². The van der Waals surface area contributed by atoms with Crippen molar-refractivity contribution >= 4 is 40.2 Å². The van der Waals surface area contributed by atoms with Gasteiger partial charge in [-0.1, -0.05) is 6.07 Å².